The van der Waals surface area contributed by atoms with Crippen LogP contribution in [0, 0.1) is 5.92 Å². The summed E-state index contributed by atoms with van der Waals surface area (Å²) in [6, 6.07) is 10.1. The van der Waals surface area contributed by atoms with Crippen LogP contribution in [0.4, 0.5) is 4.79 Å². The first kappa shape index (κ1) is 16.9. The van der Waals surface area contributed by atoms with Gasteiger partial charge in [-0.25, -0.2) is 4.79 Å². The van der Waals surface area contributed by atoms with E-state index in [2.05, 4.69) is 12.2 Å². The second-order valence-electron chi connectivity index (χ2n) is 6.35. The molecule has 122 valence electrons. The average Bonchev–Trinajstić information content (AvgIpc) is 2.58. The summed E-state index contributed by atoms with van der Waals surface area (Å²) in [4.78, 5) is 12.1. The van der Waals surface area contributed by atoms with Gasteiger partial charge in [-0.05, 0) is 30.7 Å². The molecule has 3 nitrogen and oxygen atoms in total. The first-order valence-electron chi connectivity index (χ1n) is 8.77. The zero-order chi connectivity index (χ0) is 15.6. The molecule has 0 radical (unpaired) electrons. The number of carbonyl (C=O) groups excluding carboxylic acids is 1. The van der Waals surface area contributed by atoms with E-state index in [1.807, 2.05) is 30.3 Å². The first-order valence-corrected chi connectivity index (χ1v) is 8.77. The van der Waals surface area contributed by atoms with Crippen molar-refractivity contribution < 1.29 is 9.53 Å². The van der Waals surface area contributed by atoms with E-state index >= 15 is 0 Å². The second-order valence-corrected chi connectivity index (χ2v) is 6.35. The summed E-state index contributed by atoms with van der Waals surface area (Å²) >= 11 is 0. The highest BCUT2D eigenvalue weighted by Crippen LogP contribution is 2.28. The van der Waals surface area contributed by atoms with Gasteiger partial charge >= 0.3 is 6.09 Å². The maximum Gasteiger partial charge on any atom is 0.407 e. The van der Waals surface area contributed by atoms with Crippen LogP contribution in [0.5, 0.6) is 0 Å². The van der Waals surface area contributed by atoms with Gasteiger partial charge < -0.3 is 10.1 Å². The van der Waals surface area contributed by atoms with Crippen LogP contribution in [0.25, 0.3) is 0 Å². The summed E-state index contributed by atoms with van der Waals surface area (Å²) < 4.78 is 5.38. The number of ether oxygens (including phenoxy) is 1. The molecule has 0 spiro atoms. The van der Waals surface area contributed by atoms with Crippen molar-refractivity contribution in [3.05, 3.63) is 35.9 Å². The number of hydrogen-bond acceptors (Lipinski definition) is 2. The predicted octanol–water partition coefficient (Wildman–Crippen LogP) is 5.05. The molecule has 2 rings (SSSR count). The molecule has 0 unspecified atom stereocenters. The largest absolute Gasteiger partial charge is 0.445 e. The summed E-state index contributed by atoms with van der Waals surface area (Å²) in [7, 11) is 0. The topological polar surface area (TPSA) is 38.3 Å². The quantitative estimate of drug-likeness (QED) is 0.765. The Bertz CT molecular complexity index is 426. The summed E-state index contributed by atoms with van der Waals surface area (Å²) in [6.45, 7) is 2.55. The number of rotatable bonds is 7. The van der Waals surface area contributed by atoms with Gasteiger partial charge in [-0.1, -0.05) is 69.4 Å². The molecule has 1 aliphatic carbocycles. The minimum atomic E-state index is -0.268. The van der Waals surface area contributed by atoms with Crippen molar-refractivity contribution in [3.8, 4) is 0 Å². The molecule has 3 heteroatoms. The Hall–Kier alpha value is -1.51. The Morgan fingerprint density at radius 1 is 1.23 bits per heavy atom. The van der Waals surface area contributed by atoms with Crippen molar-refractivity contribution in [1.82, 2.24) is 5.32 Å². The van der Waals surface area contributed by atoms with E-state index in [4.69, 9.17) is 4.74 Å². The van der Waals surface area contributed by atoms with Gasteiger partial charge in [-0.15, -0.1) is 0 Å². The minimum Gasteiger partial charge on any atom is -0.445 e. The first-order chi connectivity index (χ1) is 10.8. The fourth-order valence-corrected chi connectivity index (χ4v) is 3.30. The SMILES string of the molecule is CCCC[C@@H](NC(=O)OCc1ccccc1)C1CCCCC1. The van der Waals surface area contributed by atoms with Gasteiger partial charge in [0.15, 0.2) is 0 Å². The third kappa shape index (κ3) is 5.70. The van der Waals surface area contributed by atoms with Gasteiger partial charge in [0.05, 0.1) is 0 Å². The molecule has 1 amide bonds. The molecule has 22 heavy (non-hydrogen) atoms. The smallest absolute Gasteiger partial charge is 0.407 e. The van der Waals surface area contributed by atoms with Gasteiger partial charge in [-0.2, -0.15) is 0 Å². The monoisotopic (exact) mass is 303 g/mol. The van der Waals surface area contributed by atoms with Crippen LogP contribution in [0.3, 0.4) is 0 Å². The van der Waals surface area contributed by atoms with E-state index in [0.29, 0.717) is 12.5 Å². The molecule has 1 aromatic rings. The van der Waals surface area contributed by atoms with Crippen molar-refractivity contribution in [1.29, 1.82) is 0 Å². The Labute approximate surface area is 134 Å². The molecular formula is C19H29NO2. The Morgan fingerprint density at radius 2 is 1.95 bits per heavy atom. The van der Waals surface area contributed by atoms with Crippen molar-refractivity contribution in [3.63, 3.8) is 0 Å². The average molecular weight is 303 g/mol. The third-order valence-electron chi connectivity index (χ3n) is 4.60. The summed E-state index contributed by atoms with van der Waals surface area (Å²) in [6.07, 6.45) is 9.57. The molecule has 0 bridgehead atoms. The van der Waals surface area contributed by atoms with Crippen molar-refractivity contribution in [2.75, 3.05) is 0 Å². The third-order valence-corrected chi connectivity index (χ3v) is 4.60. The molecule has 0 aliphatic heterocycles. The van der Waals surface area contributed by atoms with Crippen LogP contribution < -0.4 is 5.32 Å². The number of carbonyl (C=O) groups is 1. The summed E-state index contributed by atoms with van der Waals surface area (Å²) in [5.74, 6) is 0.629. The molecule has 1 aromatic carbocycles. The molecule has 1 N–H and O–H groups in total. The fraction of sp³-hybridized carbons (Fsp3) is 0.632. The molecule has 1 aliphatic rings. The second kappa shape index (κ2) is 9.50. The highest BCUT2D eigenvalue weighted by Gasteiger charge is 2.25. The summed E-state index contributed by atoms with van der Waals surface area (Å²) in [5.41, 5.74) is 1.03. The van der Waals surface area contributed by atoms with E-state index < -0.39 is 0 Å². The number of amides is 1. The lowest BCUT2D eigenvalue weighted by Gasteiger charge is -2.30. The van der Waals surface area contributed by atoms with E-state index in [-0.39, 0.29) is 12.1 Å². The zero-order valence-corrected chi connectivity index (χ0v) is 13.7. The van der Waals surface area contributed by atoms with E-state index in [1.54, 1.807) is 0 Å². The van der Waals surface area contributed by atoms with Gasteiger partial charge in [0, 0.05) is 6.04 Å². The predicted molar refractivity (Wildman–Crippen MR) is 89.7 cm³/mol. The number of alkyl carbamates (subject to hydrolysis) is 1. The molecule has 0 saturated heterocycles. The van der Waals surface area contributed by atoms with Crippen molar-refractivity contribution >= 4 is 6.09 Å². The maximum absolute atomic E-state index is 12.1. The minimum absolute atomic E-state index is 0.268. The molecule has 0 heterocycles. The molecule has 1 atom stereocenters. The van der Waals surface area contributed by atoms with Gasteiger partial charge in [0.2, 0.25) is 0 Å². The lowest BCUT2D eigenvalue weighted by atomic mass is 9.82. The maximum atomic E-state index is 12.1. The normalized spacial score (nSPS) is 17.0. The number of unbranched alkanes of at least 4 members (excludes halogenated alkanes) is 1. The zero-order valence-electron chi connectivity index (χ0n) is 13.7. The van der Waals surface area contributed by atoms with Crippen LogP contribution in [0.1, 0.15) is 63.9 Å². The van der Waals surface area contributed by atoms with E-state index in [1.165, 1.54) is 44.9 Å². The van der Waals surface area contributed by atoms with Crippen LogP contribution in [-0.4, -0.2) is 12.1 Å². The molecule has 1 fully saturated rings. The Morgan fingerprint density at radius 3 is 2.64 bits per heavy atom. The number of benzene rings is 1. The molecule has 0 aromatic heterocycles. The number of nitrogens with one attached hydrogen (secondary N) is 1. The van der Waals surface area contributed by atoms with Crippen LogP contribution >= 0.6 is 0 Å². The van der Waals surface area contributed by atoms with E-state index in [0.717, 1.165) is 12.0 Å². The van der Waals surface area contributed by atoms with E-state index in [9.17, 15) is 4.79 Å². The molecule has 1 saturated carbocycles. The highest BCUT2D eigenvalue weighted by molar-refractivity contribution is 5.67. The van der Waals surface area contributed by atoms with Gasteiger partial charge in [0.1, 0.15) is 6.61 Å². The Kier molecular flexibility index (Phi) is 7.27. The highest BCUT2D eigenvalue weighted by atomic mass is 16.5. The van der Waals surface area contributed by atoms with Crippen LogP contribution in [0.2, 0.25) is 0 Å². The lowest BCUT2D eigenvalue weighted by molar-refractivity contribution is 0.127. The van der Waals surface area contributed by atoms with Crippen molar-refractivity contribution in [2.45, 2.75) is 70.9 Å². The fourth-order valence-electron chi connectivity index (χ4n) is 3.30. The van der Waals surface area contributed by atoms with Gasteiger partial charge in [0.25, 0.3) is 0 Å². The van der Waals surface area contributed by atoms with Crippen molar-refractivity contribution in [2.24, 2.45) is 5.92 Å². The number of hydrogen-bond donors (Lipinski definition) is 1. The lowest BCUT2D eigenvalue weighted by Crippen LogP contribution is -2.41. The summed E-state index contributed by atoms with van der Waals surface area (Å²) in [5, 5.41) is 3.13. The van der Waals surface area contributed by atoms with Gasteiger partial charge in [-0.3, -0.25) is 0 Å². The molecular weight excluding hydrogens is 274 g/mol. The standard InChI is InChI=1S/C19H29NO2/c1-2-3-14-18(17-12-8-5-9-13-17)20-19(21)22-15-16-10-6-4-7-11-16/h4,6-7,10-11,17-18H,2-3,5,8-9,12-15H2,1H3,(H,20,21)/t18-/m1/s1. The Balaban J connectivity index is 1.81. The van der Waals surface area contributed by atoms with Crippen LogP contribution in [-0.2, 0) is 11.3 Å². The van der Waals surface area contributed by atoms with Crippen LogP contribution in [0.15, 0.2) is 30.3 Å².